The monoisotopic (exact) mass is 353 g/mol. The molecule has 0 radical (unpaired) electrons. The zero-order valence-electron chi connectivity index (χ0n) is 17.2. The molecule has 3 heteroatoms. The van der Waals surface area contributed by atoms with Crippen LogP contribution in [0.5, 0.6) is 0 Å². The number of allylic oxidation sites excluding steroid dienone is 1. The van der Waals surface area contributed by atoms with Gasteiger partial charge in [-0.1, -0.05) is 103 Å². The zero-order valence-corrected chi connectivity index (χ0v) is 17.2. The van der Waals surface area contributed by atoms with Gasteiger partial charge in [-0.15, -0.1) is 0 Å². The molecular formula is C22H43NO2. The third-order valence-electron chi connectivity index (χ3n) is 4.89. The van der Waals surface area contributed by atoms with E-state index in [4.69, 9.17) is 5.90 Å². The Hall–Kier alpha value is -0.830. The van der Waals surface area contributed by atoms with Gasteiger partial charge in [0, 0.05) is 0 Å². The van der Waals surface area contributed by atoms with Gasteiger partial charge in [0.05, 0.1) is 5.41 Å². The molecule has 0 rings (SSSR count). The van der Waals surface area contributed by atoms with Gasteiger partial charge in [0.1, 0.15) is 0 Å². The van der Waals surface area contributed by atoms with Crippen molar-refractivity contribution in [2.24, 2.45) is 11.3 Å². The molecule has 0 amide bonds. The zero-order chi connectivity index (χ0) is 18.8. The van der Waals surface area contributed by atoms with Crippen molar-refractivity contribution in [1.29, 1.82) is 0 Å². The van der Waals surface area contributed by atoms with Crippen LogP contribution in [-0.2, 0) is 9.63 Å². The van der Waals surface area contributed by atoms with E-state index in [0.717, 1.165) is 6.42 Å². The van der Waals surface area contributed by atoms with Crippen molar-refractivity contribution >= 4 is 5.97 Å². The molecule has 0 saturated heterocycles. The van der Waals surface area contributed by atoms with Crippen LogP contribution in [0.3, 0.4) is 0 Å². The molecule has 0 atom stereocenters. The maximum absolute atomic E-state index is 11.4. The largest absolute Gasteiger partial charge is 0.373 e. The lowest BCUT2D eigenvalue weighted by atomic mass is 9.93. The molecule has 0 aliphatic heterocycles. The second kappa shape index (κ2) is 16.6. The van der Waals surface area contributed by atoms with E-state index in [2.05, 4.69) is 17.8 Å². The highest BCUT2D eigenvalue weighted by Gasteiger charge is 2.25. The summed E-state index contributed by atoms with van der Waals surface area (Å²) in [7, 11) is 0. The van der Waals surface area contributed by atoms with Crippen molar-refractivity contribution in [3.05, 3.63) is 12.2 Å². The Morgan fingerprint density at radius 3 is 1.60 bits per heavy atom. The van der Waals surface area contributed by atoms with Crippen LogP contribution >= 0.6 is 0 Å². The number of carbonyl (C=O) groups excluding carboxylic acids is 1. The van der Waals surface area contributed by atoms with Crippen molar-refractivity contribution in [3.63, 3.8) is 0 Å². The van der Waals surface area contributed by atoms with E-state index < -0.39 is 5.41 Å². The van der Waals surface area contributed by atoms with Gasteiger partial charge < -0.3 is 4.84 Å². The Kier molecular flexibility index (Phi) is 16.1. The average Bonchev–Trinajstić information content (AvgIpc) is 2.60. The number of hydrogen-bond donors (Lipinski definition) is 1. The van der Waals surface area contributed by atoms with Gasteiger partial charge in [0.25, 0.3) is 0 Å². The highest BCUT2D eigenvalue weighted by Crippen LogP contribution is 2.19. The van der Waals surface area contributed by atoms with Crippen molar-refractivity contribution in [3.8, 4) is 0 Å². The van der Waals surface area contributed by atoms with E-state index in [9.17, 15) is 4.79 Å². The van der Waals surface area contributed by atoms with Crippen LogP contribution < -0.4 is 5.90 Å². The third kappa shape index (κ3) is 15.2. The fraction of sp³-hybridized carbons (Fsp3) is 0.864. The maximum atomic E-state index is 11.4. The topological polar surface area (TPSA) is 52.3 Å². The predicted molar refractivity (Wildman–Crippen MR) is 108 cm³/mol. The first kappa shape index (κ1) is 24.2. The average molecular weight is 354 g/mol. The molecule has 0 aliphatic carbocycles. The van der Waals surface area contributed by atoms with Crippen LogP contribution in [0.4, 0.5) is 0 Å². The summed E-state index contributed by atoms with van der Waals surface area (Å²) in [6.45, 7) is 5.92. The SMILES string of the molecule is CCCCCCCCCCCCCCCCC=CC(C)(C)C(=O)ON. The molecule has 0 spiro atoms. The predicted octanol–water partition coefficient (Wildman–Crippen LogP) is 6.86. The first-order valence-electron chi connectivity index (χ1n) is 10.6. The first-order chi connectivity index (χ1) is 12.0. The minimum atomic E-state index is -0.620. The second-order valence-corrected chi connectivity index (χ2v) is 7.91. The minimum Gasteiger partial charge on any atom is -0.373 e. The first-order valence-corrected chi connectivity index (χ1v) is 10.6. The molecular weight excluding hydrogens is 310 g/mol. The Bertz CT molecular complexity index is 337. The lowest BCUT2D eigenvalue weighted by Gasteiger charge is -2.15. The van der Waals surface area contributed by atoms with E-state index in [-0.39, 0.29) is 5.97 Å². The summed E-state index contributed by atoms with van der Waals surface area (Å²) in [6, 6.07) is 0. The molecule has 3 nitrogen and oxygen atoms in total. The molecule has 0 aromatic carbocycles. The Labute approximate surface area is 156 Å². The highest BCUT2D eigenvalue weighted by atomic mass is 16.7. The molecule has 0 heterocycles. The number of nitrogens with two attached hydrogens (primary N) is 1. The van der Waals surface area contributed by atoms with Crippen LogP contribution in [0.25, 0.3) is 0 Å². The molecule has 2 N–H and O–H groups in total. The fourth-order valence-electron chi connectivity index (χ4n) is 3.05. The highest BCUT2D eigenvalue weighted by molar-refractivity contribution is 5.77. The van der Waals surface area contributed by atoms with E-state index in [1.54, 1.807) is 0 Å². The summed E-state index contributed by atoms with van der Waals surface area (Å²) in [4.78, 5) is 15.7. The van der Waals surface area contributed by atoms with Gasteiger partial charge >= 0.3 is 5.97 Å². The van der Waals surface area contributed by atoms with E-state index in [0.29, 0.717) is 0 Å². The standard InChI is InChI=1S/C22H43NO2/c1-4-5-6-7-8-9-10-11-12-13-14-15-16-17-18-19-20-22(2,3)21(24)25-23/h19-20H,4-18,23H2,1-3H3. The van der Waals surface area contributed by atoms with Crippen molar-refractivity contribution < 1.29 is 9.63 Å². The van der Waals surface area contributed by atoms with Crippen LogP contribution in [0, 0.1) is 5.41 Å². The quantitative estimate of drug-likeness (QED) is 0.176. The lowest BCUT2D eigenvalue weighted by molar-refractivity contribution is -0.151. The molecule has 148 valence electrons. The molecule has 0 saturated carbocycles. The van der Waals surface area contributed by atoms with E-state index in [1.807, 2.05) is 19.9 Å². The van der Waals surface area contributed by atoms with E-state index >= 15 is 0 Å². The van der Waals surface area contributed by atoms with Gasteiger partial charge in [0.2, 0.25) is 0 Å². The van der Waals surface area contributed by atoms with Crippen LogP contribution in [0.2, 0.25) is 0 Å². The Morgan fingerprint density at radius 2 is 1.20 bits per heavy atom. The number of hydrogen-bond acceptors (Lipinski definition) is 3. The van der Waals surface area contributed by atoms with Gasteiger partial charge in [-0.25, -0.2) is 4.79 Å². The summed E-state index contributed by atoms with van der Waals surface area (Å²) >= 11 is 0. The molecule has 25 heavy (non-hydrogen) atoms. The summed E-state index contributed by atoms with van der Waals surface area (Å²) in [5.74, 6) is 4.55. The Morgan fingerprint density at radius 1 is 0.800 bits per heavy atom. The minimum absolute atomic E-state index is 0.385. The molecule has 0 unspecified atom stereocenters. The Balaban J connectivity index is 3.30. The second-order valence-electron chi connectivity index (χ2n) is 7.91. The molecule has 0 fully saturated rings. The van der Waals surface area contributed by atoms with Crippen molar-refractivity contribution in [2.45, 2.75) is 117 Å². The molecule has 0 aromatic heterocycles. The molecule has 0 aliphatic rings. The summed E-state index contributed by atoms with van der Waals surface area (Å²) < 4.78 is 0. The lowest BCUT2D eigenvalue weighted by Crippen LogP contribution is -2.26. The van der Waals surface area contributed by atoms with Gasteiger partial charge in [-0.2, -0.15) is 5.90 Å². The maximum Gasteiger partial charge on any atom is 0.333 e. The number of unbranched alkanes of at least 4 members (excludes halogenated alkanes) is 14. The van der Waals surface area contributed by atoms with Crippen molar-refractivity contribution in [1.82, 2.24) is 0 Å². The third-order valence-corrected chi connectivity index (χ3v) is 4.89. The molecule has 0 bridgehead atoms. The number of carbonyl (C=O) groups is 1. The van der Waals surface area contributed by atoms with Crippen LogP contribution in [-0.4, -0.2) is 5.97 Å². The summed E-state index contributed by atoms with van der Waals surface area (Å²) in [6.07, 6.45) is 24.3. The van der Waals surface area contributed by atoms with Gasteiger partial charge in [-0.3, -0.25) is 0 Å². The van der Waals surface area contributed by atoms with Crippen molar-refractivity contribution in [2.75, 3.05) is 0 Å². The van der Waals surface area contributed by atoms with Crippen LogP contribution in [0.15, 0.2) is 12.2 Å². The summed E-state index contributed by atoms with van der Waals surface area (Å²) in [5, 5.41) is 0. The van der Waals surface area contributed by atoms with Crippen LogP contribution in [0.1, 0.15) is 117 Å². The fourth-order valence-corrected chi connectivity index (χ4v) is 3.05. The number of rotatable bonds is 17. The van der Waals surface area contributed by atoms with Gasteiger partial charge in [-0.05, 0) is 26.7 Å². The normalized spacial score (nSPS) is 12.0. The summed E-state index contributed by atoms with van der Waals surface area (Å²) in [5.41, 5.74) is -0.620. The smallest absolute Gasteiger partial charge is 0.333 e. The van der Waals surface area contributed by atoms with Gasteiger partial charge in [0.15, 0.2) is 0 Å². The molecule has 0 aromatic rings. The van der Waals surface area contributed by atoms with E-state index in [1.165, 1.54) is 89.9 Å².